The summed E-state index contributed by atoms with van der Waals surface area (Å²) in [6.45, 7) is 2.14. The molecule has 1 unspecified atom stereocenters. The fraction of sp³-hybridized carbons (Fsp3) is 0.571. The van der Waals surface area contributed by atoms with Crippen LogP contribution in [0.2, 0.25) is 0 Å². The largest absolute Gasteiger partial charge is 0.223 e. The minimum Gasteiger partial charge on any atom is -0.223 e. The molecule has 0 saturated heterocycles. The van der Waals surface area contributed by atoms with Gasteiger partial charge in [-0.25, -0.2) is 4.98 Å². The molecule has 1 aromatic rings. The Kier molecular flexibility index (Phi) is 4.94. The monoisotopic (exact) mass is 285 g/mol. The van der Waals surface area contributed by atoms with Crippen LogP contribution in [0.4, 0.5) is 0 Å². The Labute approximate surface area is 94.0 Å². The van der Waals surface area contributed by atoms with Crippen LogP contribution in [0.15, 0.2) is 14.3 Å². The topological polar surface area (TPSA) is 12.9 Å². The zero-order chi connectivity index (χ0) is 8.97. The second kappa shape index (κ2) is 5.47. The maximum atomic E-state index is 5.68. The molecule has 0 aromatic carbocycles. The molecule has 0 aliphatic carbocycles. The molecule has 0 N–H and O–H groups in total. The van der Waals surface area contributed by atoms with Crippen molar-refractivity contribution in [3.63, 3.8) is 0 Å². The van der Waals surface area contributed by atoms with Gasteiger partial charge in [-0.2, -0.15) is 0 Å². The molecule has 0 amide bonds. The van der Waals surface area contributed by atoms with Crippen molar-refractivity contribution in [2.45, 2.75) is 11.3 Å². The summed E-state index contributed by atoms with van der Waals surface area (Å²) in [5.41, 5.74) is 0. The Morgan fingerprint density at radius 3 is 3.08 bits per heavy atom. The third kappa shape index (κ3) is 3.64. The summed E-state index contributed by atoms with van der Waals surface area (Å²) in [6.07, 6.45) is 0. The second-order valence-electron chi connectivity index (χ2n) is 2.51. The van der Waals surface area contributed by atoms with Crippen molar-refractivity contribution in [2.75, 3.05) is 11.6 Å². The van der Waals surface area contributed by atoms with Gasteiger partial charge in [0.05, 0.1) is 0 Å². The normalized spacial score (nSPS) is 13.2. The van der Waals surface area contributed by atoms with E-state index >= 15 is 0 Å². The summed E-state index contributed by atoms with van der Waals surface area (Å²) >= 11 is 12.4. The predicted octanol–water partition coefficient (Wildman–Crippen LogP) is 3.87. The summed E-state index contributed by atoms with van der Waals surface area (Å²) in [4.78, 5) is 4.27. The minimum atomic E-state index is 0.555. The van der Waals surface area contributed by atoms with Crippen LogP contribution in [0.25, 0.3) is 0 Å². The minimum absolute atomic E-state index is 0.555. The maximum Gasteiger partial charge on any atom is 0.151 e. The van der Waals surface area contributed by atoms with Crippen LogP contribution < -0.4 is 0 Å². The molecule has 0 aliphatic rings. The van der Waals surface area contributed by atoms with E-state index in [1.54, 1.807) is 23.1 Å². The highest BCUT2D eigenvalue weighted by atomic mass is 79.9. The smallest absolute Gasteiger partial charge is 0.151 e. The highest BCUT2D eigenvalue weighted by Gasteiger charge is 2.04. The van der Waals surface area contributed by atoms with Crippen LogP contribution in [0.1, 0.15) is 6.92 Å². The van der Waals surface area contributed by atoms with Crippen LogP contribution >= 0.6 is 50.6 Å². The van der Waals surface area contributed by atoms with Crippen molar-refractivity contribution >= 4 is 50.6 Å². The van der Waals surface area contributed by atoms with Gasteiger partial charge in [0, 0.05) is 17.0 Å². The predicted molar refractivity (Wildman–Crippen MR) is 60.4 cm³/mol. The Bertz CT molecular complexity index is 241. The van der Waals surface area contributed by atoms with Crippen molar-refractivity contribution in [3.8, 4) is 0 Å². The van der Waals surface area contributed by atoms with E-state index in [1.807, 2.05) is 5.38 Å². The molecule has 1 rings (SSSR count). The lowest BCUT2D eigenvalue weighted by atomic mass is 10.3. The Morgan fingerprint density at radius 1 is 1.83 bits per heavy atom. The molecule has 12 heavy (non-hydrogen) atoms. The van der Waals surface area contributed by atoms with Crippen LogP contribution in [0, 0.1) is 5.92 Å². The molecule has 0 aliphatic heterocycles. The summed E-state index contributed by atoms with van der Waals surface area (Å²) in [5.74, 6) is 2.32. The van der Waals surface area contributed by atoms with Crippen molar-refractivity contribution in [2.24, 2.45) is 5.92 Å². The van der Waals surface area contributed by atoms with E-state index < -0.39 is 0 Å². The van der Waals surface area contributed by atoms with Gasteiger partial charge in [-0.3, -0.25) is 0 Å². The number of nitrogens with zero attached hydrogens (tertiary/aromatic N) is 1. The van der Waals surface area contributed by atoms with Crippen LogP contribution in [0.3, 0.4) is 0 Å². The quantitative estimate of drug-likeness (QED) is 0.615. The van der Waals surface area contributed by atoms with Gasteiger partial charge in [-0.05, 0) is 21.8 Å². The molecule has 0 fully saturated rings. The first-order valence-corrected chi connectivity index (χ1v) is 6.71. The van der Waals surface area contributed by atoms with Gasteiger partial charge in [-0.1, -0.05) is 18.7 Å². The van der Waals surface area contributed by atoms with Crippen molar-refractivity contribution < 1.29 is 0 Å². The summed E-state index contributed by atoms with van der Waals surface area (Å²) in [5, 5.41) is 1.99. The molecular formula is C7H9BrClNS2. The number of alkyl halides is 1. The van der Waals surface area contributed by atoms with Crippen molar-refractivity contribution in [1.29, 1.82) is 0 Å². The lowest BCUT2D eigenvalue weighted by Crippen LogP contribution is -1.98. The highest BCUT2D eigenvalue weighted by molar-refractivity contribution is 9.10. The van der Waals surface area contributed by atoms with Crippen LogP contribution in [-0.2, 0) is 0 Å². The maximum absolute atomic E-state index is 5.68. The number of aromatic nitrogens is 1. The Hall–Kier alpha value is 0.750. The van der Waals surface area contributed by atoms with Gasteiger partial charge in [0.15, 0.2) is 4.34 Å². The summed E-state index contributed by atoms with van der Waals surface area (Å²) in [6, 6.07) is 0. The van der Waals surface area contributed by atoms with Gasteiger partial charge < -0.3 is 0 Å². The molecule has 1 aromatic heterocycles. The molecule has 0 radical (unpaired) electrons. The van der Waals surface area contributed by atoms with E-state index in [4.69, 9.17) is 11.6 Å². The van der Waals surface area contributed by atoms with E-state index in [-0.39, 0.29) is 0 Å². The fourth-order valence-corrected chi connectivity index (χ4v) is 3.22. The number of thiazole rings is 1. The van der Waals surface area contributed by atoms with Crippen LogP contribution in [-0.4, -0.2) is 16.6 Å². The van der Waals surface area contributed by atoms with E-state index in [0.717, 1.165) is 20.6 Å². The molecule has 5 heteroatoms. The van der Waals surface area contributed by atoms with Crippen molar-refractivity contribution in [1.82, 2.24) is 4.98 Å². The molecule has 68 valence electrons. The van der Waals surface area contributed by atoms with Gasteiger partial charge in [0.1, 0.15) is 4.60 Å². The lowest BCUT2D eigenvalue weighted by Gasteiger charge is -2.03. The zero-order valence-electron chi connectivity index (χ0n) is 6.59. The van der Waals surface area contributed by atoms with Gasteiger partial charge in [0.25, 0.3) is 0 Å². The van der Waals surface area contributed by atoms with E-state index in [0.29, 0.717) is 5.92 Å². The fourth-order valence-electron chi connectivity index (χ4n) is 0.563. The standard InChI is InChI=1S/C7H9BrClNS2/c1-5(2-9)3-11-7-10-6(8)4-12-7/h4-5H,2-3H2,1H3. The Balaban J connectivity index is 2.33. The van der Waals surface area contributed by atoms with Gasteiger partial charge in [0.2, 0.25) is 0 Å². The molecule has 1 nitrogen and oxygen atoms in total. The number of hydrogen-bond acceptors (Lipinski definition) is 3. The molecule has 0 saturated carbocycles. The molecule has 1 atom stereocenters. The molecular weight excluding hydrogens is 278 g/mol. The highest BCUT2D eigenvalue weighted by Crippen LogP contribution is 2.26. The number of hydrogen-bond donors (Lipinski definition) is 0. The van der Waals surface area contributed by atoms with E-state index in [2.05, 4.69) is 27.8 Å². The first-order valence-electron chi connectivity index (χ1n) is 3.52. The van der Waals surface area contributed by atoms with Crippen LogP contribution in [0.5, 0.6) is 0 Å². The SMILES string of the molecule is CC(CCl)CSc1nc(Br)cs1. The van der Waals surface area contributed by atoms with Gasteiger partial charge in [-0.15, -0.1) is 22.9 Å². The van der Waals surface area contributed by atoms with E-state index in [1.165, 1.54) is 0 Å². The number of rotatable bonds is 4. The Morgan fingerprint density at radius 2 is 2.58 bits per heavy atom. The number of thioether (sulfide) groups is 1. The van der Waals surface area contributed by atoms with Gasteiger partial charge >= 0.3 is 0 Å². The average Bonchev–Trinajstić information content (AvgIpc) is 2.47. The zero-order valence-corrected chi connectivity index (χ0v) is 10.6. The summed E-state index contributed by atoms with van der Waals surface area (Å²) in [7, 11) is 0. The molecule has 0 bridgehead atoms. The molecule has 1 heterocycles. The summed E-state index contributed by atoms with van der Waals surface area (Å²) < 4.78 is 2.03. The third-order valence-corrected chi connectivity index (χ3v) is 4.80. The molecule has 0 spiro atoms. The first kappa shape index (κ1) is 10.8. The average molecular weight is 287 g/mol. The van der Waals surface area contributed by atoms with E-state index in [9.17, 15) is 0 Å². The third-order valence-electron chi connectivity index (χ3n) is 1.21. The van der Waals surface area contributed by atoms with Crippen molar-refractivity contribution in [3.05, 3.63) is 9.98 Å². The number of halogens is 2. The lowest BCUT2D eigenvalue weighted by molar-refractivity contribution is 0.759. The first-order chi connectivity index (χ1) is 5.72. The second-order valence-corrected chi connectivity index (χ2v) is 5.75.